The SMILES string of the molecule is CNc1ncnc(N(C)CCCN(C)C)c1[N+](=O)[O-]. The fourth-order valence-corrected chi connectivity index (χ4v) is 1.73. The minimum absolute atomic E-state index is 0.0858. The van der Waals surface area contributed by atoms with Gasteiger partial charge in [0.1, 0.15) is 6.33 Å². The Labute approximate surface area is 112 Å². The lowest BCUT2D eigenvalue weighted by molar-refractivity contribution is -0.383. The van der Waals surface area contributed by atoms with E-state index < -0.39 is 4.92 Å². The first-order valence-electron chi connectivity index (χ1n) is 6.00. The van der Waals surface area contributed by atoms with E-state index in [2.05, 4.69) is 20.2 Å². The molecule has 0 bridgehead atoms. The lowest BCUT2D eigenvalue weighted by Crippen LogP contribution is -2.25. The van der Waals surface area contributed by atoms with E-state index in [0.717, 1.165) is 13.0 Å². The summed E-state index contributed by atoms with van der Waals surface area (Å²) in [7, 11) is 7.38. The average Bonchev–Trinajstić information content (AvgIpc) is 2.36. The minimum atomic E-state index is -0.455. The van der Waals surface area contributed by atoms with E-state index in [-0.39, 0.29) is 11.5 Å². The normalized spacial score (nSPS) is 10.6. The van der Waals surface area contributed by atoms with Crippen LogP contribution >= 0.6 is 0 Å². The molecule has 1 heterocycles. The Morgan fingerprint density at radius 1 is 1.32 bits per heavy atom. The second-order valence-corrected chi connectivity index (χ2v) is 4.48. The van der Waals surface area contributed by atoms with Crippen molar-refractivity contribution in [1.29, 1.82) is 0 Å². The zero-order valence-corrected chi connectivity index (χ0v) is 11.8. The lowest BCUT2D eigenvalue weighted by atomic mass is 10.3. The summed E-state index contributed by atoms with van der Waals surface area (Å²) in [5, 5.41) is 13.9. The van der Waals surface area contributed by atoms with Crippen LogP contribution in [0.3, 0.4) is 0 Å². The van der Waals surface area contributed by atoms with E-state index >= 15 is 0 Å². The second kappa shape index (κ2) is 6.83. The maximum Gasteiger partial charge on any atom is 0.353 e. The van der Waals surface area contributed by atoms with Gasteiger partial charge in [-0.2, -0.15) is 0 Å². The molecule has 0 radical (unpaired) electrons. The number of aromatic nitrogens is 2. The van der Waals surface area contributed by atoms with Crippen LogP contribution in [0.1, 0.15) is 6.42 Å². The summed E-state index contributed by atoms with van der Waals surface area (Å²) in [6.07, 6.45) is 2.23. The number of rotatable bonds is 7. The molecular formula is C11H20N6O2. The van der Waals surface area contributed by atoms with Gasteiger partial charge in [0.05, 0.1) is 4.92 Å². The fraction of sp³-hybridized carbons (Fsp3) is 0.636. The Balaban J connectivity index is 2.89. The molecule has 1 aromatic rings. The molecule has 0 aromatic carbocycles. The molecule has 1 N–H and O–H groups in total. The molecule has 1 rings (SSSR count). The van der Waals surface area contributed by atoms with Crippen LogP contribution in [0, 0.1) is 10.1 Å². The van der Waals surface area contributed by atoms with Crippen LogP contribution in [-0.2, 0) is 0 Å². The first kappa shape index (κ1) is 15.1. The summed E-state index contributed by atoms with van der Waals surface area (Å²) in [6.45, 7) is 1.61. The van der Waals surface area contributed by atoms with Crippen molar-refractivity contribution in [3.8, 4) is 0 Å². The van der Waals surface area contributed by atoms with E-state index in [1.807, 2.05) is 14.1 Å². The third-order valence-electron chi connectivity index (χ3n) is 2.68. The van der Waals surface area contributed by atoms with Gasteiger partial charge in [0, 0.05) is 20.6 Å². The molecular weight excluding hydrogens is 248 g/mol. The van der Waals surface area contributed by atoms with Crippen molar-refractivity contribution >= 4 is 17.3 Å². The molecule has 0 saturated carbocycles. The molecule has 106 valence electrons. The van der Waals surface area contributed by atoms with E-state index in [4.69, 9.17) is 0 Å². The maximum atomic E-state index is 11.1. The summed E-state index contributed by atoms with van der Waals surface area (Å²) in [6, 6.07) is 0. The van der Waals surface area contributed by atoms with E-state index in [0.29, 0.717) is 12.4 Å². The highest BCUT2D eigenvalue weighted by Crippen LogP contribution is 2.30. The highest BCUT2D eigenvalue weighted by atomic mass is 16.6. The Bertz CT molecular complexity index is 437. The van der Waals surface area contributed by atoms with Gasteiger partial charge in [0.2, 0.25) is 11.6 Å². The van der Waals surface area contributed by atoms with Crippen LogP contribution < -0.4 is 10.2 Å². The van der Waals surface area contributed by atoms with Crippen molar-refractivity contribution < 1.29 is 4.92 Å². The van der Waals surface area contributed by atoms with Crippen molar-refractivity contribution in [2.45, 2.75) is 6.42 Å². The summed E-state index contributed by atoms with van der Waals surface area (Å²) >= 11 is 0. The molecule has 8 heteroatoms. The summed E-state index contributed by atoms with van der Waals surface area (Å²) in [5.74, 6) is 0.567. The second-order valence-electron chi connectivity index (χ2n) is 4.48. The molecule has 1 aromatic heterocycles. The quantitative estimate of drug-likeness (QED) is 0.578. The van der Waals surface area contributed by atoms with E-state index in [1.165, 1.54) is 6.33 Å². The molecule has 0 aliphatic rings. The van der Waals surface area contributed by atoms with Crippen molar-refractivity contribution in [2.75, 3.05) is 51.5 Å². The van der Waals surface area contributed by atoms with Crippen LogP contribution in [0.15, 0.2) is 6.33 Å². The standard InChI is InChI=1S/C11H20N6O2/c1-12-10-9(17(18)19)11(14-8-13-10)16(4)7-5-6-15(2)3/h8H,5-7H2,1-4H3,(H,12,13,14). The van der Waals surface area contributed by atoms with Crippen molar-refractivity contribution in [1.82, 2.24) is 14.9 Å². The van der Waals surface area contributed by atoms with Crippen molar-refractivity contribution in [3.63, 3.8) is 0 Å². The van der Waals surface area contributed by atoms with E-state index in [1.54, 1.807) is 19.0 Å². The Morgan fingerprint density at radius 3 is 2.53 bits per heavy atom. The topological polar surface area (TPSA) is 87.4 Å². The first-order valence-corrected chi connectivity index (χ1v) is 6.00. The average molecular weight is 268 g/mol. The van der Waals surface area contributed by atoms with Gasteiger partial charge in [-0.3, -0.25) is 10.1 Å². The van der Waals surface area contributed by atoms with Crippen LogP contribution in [0.4, 0.5) is 17.3 Å². The monoisotopic (exact) mass is 268 g/mol. The highest BCUT2D eigenvalue weighted by molar-refractivity contribution is 5.69. The van der Waals surface area contributed by atoms with Crippen LogP contribution in [0.2, 0.25) is 0 Å². The zero-order valence-electron chi connectivity index (χ0n) is 11.8. The van der Waals surface area contributed by atoms with Crippen LogP contribution in [0.5, 0.6) is 0 Å². The predicted molar refractivity (Wildman–Crippen MR) is 74.7 cm³/mol. The summed E-state index contributed by atoms with van der Waals surface area (Å²) in [5.41, 5.74) is -0.0858. The van der Waals surface area contributed by atoms with Gasteiger partial charge in [0.25, 0.3) is 0 Å². The number of hydrogen-bond acceptors (Lipinski definition) is 7. The summed E-state index contributed by atoms with van der Waals surface area (Å²) in [4.78, 5) is 22.4. The Morgan fingerprint density at radius 2 is 2.00 bits per heavy atom. The molecule has 8 nitrogen and oxygen atoms in total. The Kier molecular flexibility index (Phi) is 5.43. The minimum Gasteiger partial charge on any atom is -0.367 e. The molecule has 0 unspecified atom stereocenters. The largest absolute Gasteiger partial charge is 0.367 e. The molecule has 0 aliphatic carbocycles. The number of hydrogen-bond donors (Lipinski definition) is 1. The number of nitrogens with zero attached hydrogens (tertiary/aromatic N) is 5. The van der Waals surface area contributed by atoms with Crippen molar-refractivity contribution in [2.24, 2.45) is 0 Å². The first-order chi connectivity index (χ1) is 8.97. The fourth-order valence-electron chi connectivity index (χ4n) is 1.73. The lowest BCUT2D eigenvalue weighted by Gasteiger charge is -2.19. The molecule has 0 saturated heterocycles. The third-order valence-corrected chi connectivity index (χ3v) is 2.68. The molecule has 19 heavy (non-hydrogen) atoms. The van der Waals surface area contributed by atoms with Gasteiger partial charge >= 0.3 is 5.69 Å². The maximum absolute atomic E-state index is 11.1. The Hall–Kier alpha value is -1.96. The van der Waals surface area contributed by atoms with E-state index in [9.17, 15) is 10.1 Å². The van der Waals surface area contributed by atoms with Gasteiger partial charge in [0.15, 0.2) is 0 Å². The van der Waals surface area contributed by atoms with Gasteiger partial charge in [-0.15, -0.1) is 0 Å². The van der Waals surface area contributed by atoms with Crippen LogP contribution in [-0.4, -0.2) is 61.1 Å². The van der Waals surface area contributed by atoms with Gasteiger partial charge in [-0.05, 0) is 27.1 Å². The molecule has 0 atom stereocenters. The molecule has 0 fully saturated rings. The zero-order chi connectivity index (χ0) is 14.4. The molecule has 0 amide bonds. The predicted octanol–water partition coefficient (Wildman–Crippen LogP) is 0.814. The van der Waals surface area contributed by atoms with Gasteiger partial charge in [-0.25, -0.2) is 9.97 Å². The molecule has 0 spiro atoms. The van der Waals surface area contributed by atoms with Gasteiger partial charge < -0.3 is 15.1 Å². The smallest absolute Gasteiger partial charge is 0.353 e. The summed E-state index contributed by atoms with van der Waals surface area (Å²) < 4.78 is 0. The van der Waals surface area contributed by atoms with Gasteiger partial charge in [-0.1, -0.05) is 0 Å². The number of nitro groups is 1. The third kappa shape index (κ3) is 4.02. The molecule has 0 aliphatic heterocycles. The van der Waals surface area contributed by atoms with Crippen molar-refractivity contribution in [3.05, 3.63) is 16.4 Å². The number of anilines is 2. The van der Waals surface area contributed by atoms with Crippen LogP contribution in [0.25, 0.3) is 0 Å². The number of nitrogens with one attached hydrogen (secondary N) is 1. The highest BCUT2D eigenvalue weighted by Gasteiger charge is 2.24.